The predicted octanol–water partition coefficient (Wildman–Crippen LogP) is 3.73. The Morgan fingerprint density at radius 3 is 2.92 bits per heavy atom. The van der Waals surface area contributed by atoms with Gasteiger partial charge in [0.1, 0.15) is 11.3 Å². The minimum Gasteiger partial charge on any atom is -0.385 e. The van der Waals surface area contributed by atoms with Gasteiger partial charge in [0.25, 0.3) is 5.56 Å². The largest absolute Gasteiger partial charge is 0.385 e. The van der Waals surface area contributed by atoms with Crippen LogP contribution >= 0.6 is 11.6 Å². The minimum atomic E-state index is -0.142. The molecule has 0 aliphatic carbocycles. The number of fused-ring (bicyclic) bond motifs is 1. The van der Waals surface area contributed by atoms with Gasteiger partial charge in [-0.3, -0.25) is 4.79 Å². The molecular weight excluding hydrogens is 352 g/mol. The zero-order valence-electron chi connectivity index (χ0n) is 15.0. The molecule has 0 amide bonds. The number of anilines is 1. The highest BCUT2D eigenvalue weighted by Crippen LogP contribution is 2.18. The number of nitrogens with one attached hydrogen (secondary N) is 2. The summed E-state index contributed by atoms with van der Waals surface area (Å²) in [5.41, 5.74) is 3.24. The van der Waals surface area contributed by atoms with E-state index in [4.69, 9.17) is 16.3 Å². The second kappa shape index (κ2) is 8.38. The number of H-pyrrole nitrogens is 1. The first kappa shape index (κ1) is 18.5. The van der Waals surface area contributed by atoms with Crippen LogP contribution in [0, 0.1) is 6.92 Å². The molecule has 0 atom stereocenters. The van der Waals surface area contributed by atoms with Crippen molar-refractivity contribution in [1.82, 2.24) is 14.5 Å². The van der Waals surface area contributed by atoms with Crippen molar-refractivity contribution in [3.05, 3.63) is 57.1 Å². The van der Waals surface area contributed by atoms with E-state index in [1.165, 1.54) is 0 Å². The molecule has 3 rings (SSSR count). The Labute approximate surface area is 157 Å². The van der Waals surface area contributed by atoms with E-state index in [0.29, 0.717) is 23.4 Å². The van der Waals surface area contributed by atoms with Crippen molar-refractivity contribution < 1.29 is 4.74 Å². The lowest BCUT2D eigenvalue weighted by Crippen LogP contribution is -2.14. The first-order chi connectivity index (χ1) is 12.6. The highest BCUT2D eigenvalue weighted by molar-refractivity contribution is 6.31. The number of imidazole rings is 1. The summed E-state index contributed by atoms with van der Waals surface area (Å²) in [6.07, 6.45) is 3.61. The van der Waals surface area contributed by atoms with Crippen LogP contribution in [0.4, 0.5) is 5.82 Å². The third-order valence-electron chi connectivity index (χ3n) is 4.33. The Morgan fingerprint density at radius 2 is 2.15 bits per heavy atom. The van der Waals surface area contributed by atoms with Crippen molar-refractivity contribution in [2.75, 3.05) is 19.0 Å². The number of aromatic amines is 1. The Bertz CT molecular complexity index is 948. The number of pyridine rings is 1. The number of aromatic nitrogens is 3. The number of ether oxygens (including phenoxy) is 1. The van der Waals surface area contributed by atoms with Crippen LogP contribution in [0.25, 0.3) is 11.0 Å². The maximum Gasteiger partial charge on any atom is 0.275 e. The first-order valence-corrected chi connectivity index (χ1v) is 9.02. The normalized spacial score (nSPS) is 11.2. The van der Waals surface area contributed by atoms with E-state index in [-0.39, 0.29) is 5.56 Å². The quantitative estimate of drug-likeness (QED) is 0.589. The fourth-order valence-corrected chi connectivity index (χ4v) is 3.04. The molecule has 0 fully saturated rings. The molecule has 0 aliphatic heterocycles. The van der Waals surface area contributed by atoms with Gasteiger partial charge in [0.05, 0.1) is 11.8 Å². The topological polar surface area (TPSA) is 71.9 Å². The molecule has 2 aromatic heterocycles. The molecule has 3 aromatic rings. The molecule has 2 N–H and O–H groups in total. The van der Waals surface area contributed by atoms with Crippen LogP contribution in [0.5, 0.6) is 0 Å². The summed E-state index contributed by atoms with van der Waals surface area (Å²) in [5.74, 6) is 0.642. The van der Waals surface area contributed by atoms with Gasteiger partial charge < -0.3 is 19.6 Å². The van der Waals surface area contributed by atoms with Gasteiger partial charge in [-0.15, -0.1) is 0 Å². The van der Waals surface area contributed by atoms with Gasteiger partial charge >= 0.3 is 0 Å². The molecule has 0 aliphatic rings. The van der Waals surface area contributed by atoms with Crippen molar-refractivity contribution in [3.63, 3.8) is 0 Å². The maximum atomic E-state index is 12.5. The zero-order chi connectivity index (χ0) is 18.5. The summed E-state index contributed by atoms with van der Waals surface area (Å²) < 4.78 is 6.95. The molecule has 0 bridgehead atoms. The van der Waals surface area contributed by atoms with E-state index < -0.39 is 0 Å². The molecule has 0 radical (unpaired) electrons. The summed E-state index contributed by atoms with van der Waals surface area (Å²) in [6, 6.07) is 7.78. The predicted molar refractivity (Wildman–Crippen MR) is 105 cm³/mol. The van der Waals surface area contributed by atoms with Crippen LogP contribution < -0.4 is 10.9 Å². The lowest BCUT2D eigenvalue weighted by Gasteiger charge is -2.08. The summed E-state index contributed by atoms with van der Waals surface area (Å²) in [5, 5.41) is 3.97. The Morgan fingerprint density at radius 1 is 1.31 bits per heavy atom. The molecule has 2 heterocycles. The van der Waals surface area contributed by atoms with Crippen LogP contribution in [-0.4, -0.2) is 28.3 Å². The molecule has 0 saturated carbocycles. The number of rotatable bonds is 8. The highest BCUT2D eigenvalue weighted by atomic mass is 35.5. The molecule has 1 aromatic carbocycles. The number of methoxy groups -OCH3 is 1. The van der Waals surface area contributed by atoms with Crippen molar-refractivity contribution in [3.8, 4) is 0 Å². The molecular formula is C19H23ClN4O2. The third-order valence-corrected chi connectivity index (χ3v) is 4.73. The lowest BCUT2D eigenvalue weighted by atomic mass is 10.1. The van der Waals surface area contributed by atoms with Crippen LogP contribution in [-0.2, 0) is 17.8 Å². The van der Waals surface area contributed by atoms with Gasteiger partial charge in [0.2, 0.25) is 0 Å². The van der Waals surface area contributed by atoms with Gasteiger partial charge in [0, 0.05) is 37.9 Å². The number of aryl methyl sites for hydroxylation is 2. The van der Waals surface area contributed by atoms with Gasteiger partial charge in [-0.1, -0.05) is 23.7 Å². The van der Waals surface area contributed by atoms with Crippen LogP contribution in [0.3, 0.4) is 0 Å². The average Bonchev–Trinajstić information content (AvgIpc) is 3.03. The number of benzene rings is 1. The summed E-state index contributed by atoms with van der Waals surface area (Å²) in [4.78, 5) is 19.7. The summed E-state index contributed by atoms with van der Waals surface area (Å²) in [7, 11) is 1.69. The maximum absolute atomic E-state index is 12.5. The Balaban J connectivity index is 1.72. The second-order valence-corrected chi connectivity index (χ2v) is 6.73. The fraction of sp³-hybridized carbons (Fsp3) is 0.368. The molecule has 0 spiro atoms. The monoisotopic (exact) mass is 374 g/mol. The molecule has 0 saturated heterocycles. The average molecular weight is 375 g/mol. The number of nitrogens with zero attached hydrogens (tertiary/aromatic N) is 2. The van der Waals surface area contributed by atoms with E-state index in [2.05, 4.69) is 15.3 Å². The first-order valence-electron chi connectivity index (χ1n) is 8.64. The highest BCUT2D eigenvalue weighted by Gasteiger charge is 2.09. The molecule has 26 heavy (non-hydrogen) atoms. The lowest BCUT2D eigenvalue weighted by molar-refractivity contribution is 0.191. The van der Waals surface area contributed by atoms with Gasteiger partial charge in [-0.25, -0.2) is 4.98 Å². The van der Waals surface area contributed by atoms with Crippen molar-refractivity contribution in [1.29, 1.82) is 0 Å². The third kappa shape index (κ3) is 4.26. The zero-order valence-corrected chi connectivity index (χ0v) is 15.8. The molecule has 6 nitrogen and oxygen atoms in total. The van der Waals surface area contributed by atoms with E-state index in [1.807, 2.05) is 35.8 Å². The fourth-order valence-electron chi connectivity index (χ4n) is 2.84. The summed E-state index contributed by atoms with van der Waals surface area (Å²) in [6.45, 7) is 4.01. The van der Waals surface area contributed by atoms with Gasteiger partial charge in [-0.2, -0.15) is 0 Å². The van der Waals surface area contributed by atoms with Gasteiger partial charge in [0.15, 0.2) is 0 Å². The van der Waals surface area contributed by atoms with Crippen LogP contribution in [0.2, 0.25) is 5.02 Å². The Hall–Kier alpha value is -2.31. The van der Waals surface area contributed by atoms with Crippen LogP contribution in [0.1, 0.15) is 24.0 Å². The summed E-state index contributed by atoms with van der Waals surface area (Å²) >= 11 is 6.16. The Kier molecular flexibility index (Phi) is 5.96. The number of hydrogen-bond donors (Lipinski definition) is 2. The van der Waals surface area contributed by atoms with E-state index in [1.54, 1.807) is 13.4 Å². The SMILES string of the molecule is COCCCCn1cnc2cc(NCc3ccc(C)c(Cl)c3)[nH]c(=O)c21. The number of halogens is 1. The minimum absolute atomic E-state index is 0.142. The van der Waals surface area contributed by atoms with Crippen molar-refractivity contribution >= 4 is 28.5 Å². The van der Waals surface area contributed by atoms with E-state index >= 15 is 0 Å². The van der Waals surface area contributed by atoms with Crippen molar-refractivity contribution in [2.24, 2.45) is 0 Å². The smallest absolute Gasteiger partial charge is 0.275 e. The molecule has 0 unspecified atom stereocenters. The number of hydrogen-bond acceptors (Lipinski definition) is 4. The second-order valence-electron chi connectivity index (χ2n) is 6.32. The van der Waals surface area contributed by atoms with E-state index in [9.17, 15) is 4.79 Å². The molecule has 138 valence electrons. The van der Waals surface area contributed by atoms with Crippen LogP contribution in [0.15, 0.2) is 35.4 Å². The van der Waals surface area contributed by atoms with E-state index in [0.717, 1.165) is 42.1 Å². The standard InChI is InChI=1S/C19H23ClN4O2/c1-13-5-6-14(9-15(13)20)11-21-17-10-16-18(19(25)23-17)24(12-22-16)7-3-4-8-26-2/h5-6,9-10,12H,3-4,7-8,11H2,1-2H3,(H2,21,23,25). The van der Waals surface area contributed by atoms with Gasteiger partial charge in [-0.05, 0) is 37.0 Å². The van der Waals surface area contributed by atoms with Crippen molar-refractivity contribution in [2.45, 2.75) is 32.9 Å². The molecule has 7 heteroatoms. The number of unbranched alkanes of at least 4 members (excludes halogenated alkanes) is 1.